The number of phenols is 2. The summed E-state index contributed by atoms with van der Waals surface area (Å²) in [5.74, 6) is 0.303. The Bertz CT molecular complexity index is 1100. The fourth-order valence-corrected chi connectivity index (χ4v) is 3.42. The summed E-state index contributed by atoms with van der Waals surface area (Å²) in [6.45, 7) is 3.90. The van der Waals surface area contributed by atoms with Crippen molar-refractivity contribution in [3.8, 4) is 11.5 Å². The van der Waals surface area contributed by atoms with E-state index >= 15 is 0 Å². The Kier molecular flexibility index (Phi) is 3.89. The minimum atomic E-state index is -0.279. The summed E-state index contributed by atoms with van der Waals surface area (Å²) in [6, 6.07) is 10.4. The first-order chi connectivity index (χ1) is 12.9. The van der Waals surface area contributed by atoms with Crippen LogP contribution in [0.25, 0.3) is 10.9 Å². The number of urea groups is 1. The van der Waals surface area contributed by atoms with Crippen molar-refractivity contribution in [1.29, 1.82) is 0 Å². The van der Waals surface area contributed by atoms with Gasteiger partial charge >= 0.3 is 6.03 Å². The van der Waals surface area contributed by atoms with Crippen LogP contribution in [-0.2, 0) is 7.05 Å². The molecular formula is C20H21N4O3+. The molecule has 0 saturated heterocycles. The van der Waals surface area contributed by atoms with Crippen LogP contribution in [0.2, 0.25) is 0 Å². The molecule has 0 spiro atoms. The normalized spacial score (nSPS) is 14.4. The molecule has 2 aromatic carbocycles. The maximum Gasteiger partial charge on any atom is 0.452 e. The van der Waals surface area contributed by atoms with Crippen LogP contribution in [0.3, 0.4) is 0 Å². The Labute approximate surface area is 156 Å². The third-order valence-corrected chi connectivity index (χ3v) is 4.86. The smallest absolute Gasteiger partial charge is 0.452 e. The van der Waals surface area contributed by atoms with E-state index in [1.54, 1.807) is 6.07 Å². The Morgan fingerprint density at radius 3 is 2.59 bits per heavy atom. The van der Waals surface area contributed by atoms with Crippen molar-refractivity contribution in [3.05, 3.63) is 53.7 Å². The fourth-order valence-electron chi connectivity index (χ4n) is 3.42. The molecule has 0 fully saturated rings. The van der Waals surface area contributed by atoms with Gasteiger partial charge in [0.1, 0.15) is 11.5 Å². The van der Waals surface area contributed by atoms with Crippen LogP contribution in [0.15, 0.2) is 47.7 Å². The number of aromatic nitrogens is 1. The minimum absolute atomic E-state index is 0.0254. The van der Waals surface area contributed by atoms with Gasteiger partial charge in [0.2, 0.25) is 5.84 Å². The number of hydrogen-bond donors (Lipinski definition) is 3. The Balaban J connectivity index is 1.83. The van der Waals surface area contributed by atoms with Crippen LogP contribution in [0.4, 0.5) is 10.5 Å². The SMILES string of the molecule is CC(C)c1cc(C2=N[NH2+]C(=O)N2c2ccc3c(ccn3C)c2)c(O)cc1O. The van der Waals surface area contributed by atoms with E-state index in [2.05, 4.69) is 5.10 Å². The lowest BCUT2D eigenvalue weighted by Gasteiger charge is -2.17. The van der Waals surface area contributed by atoms with Gasteiger partial charge in [0.15, 0.2) is 0 Å². The van der Waals surface area contributed by atoms with Crippen molar-refractivity contribution >= 4 is 28.5 Å². The molecule has 0 atom stereocenters. The number of fused-ring (bicyclic) bond motifs is 1. The lowest BCUT2D eigenvalue weighted by molar-refractivity contribution is -0.553. The number of rotatable bonds is 3. The summed E-state index contributed by atoms with van der Waals surface area (Å²) in [5, 5.41) is 25.7. The number of aryl methyl sites for hydroxylation is 1. The van der Waals surface area contributed by atoms with E-state index in [0.29, 0.717) is 22.6 Å². The quantitative estimate of drug-likeness (QED) is 0.623. The monoisotopic (exact) mass is 365 g/mol. The molecule has 0 unspecified atom stereocenters. The highest BCUT2D eigenvalue weighted by atomic mass is 16.3. The van der Waals surface area contributed by atoms with Crippen LogP contribution < -0.4 is 10.3 Å². The number of anilines is 1. The first-order valence-corrected chi connectivity index (χ1v) is 8.73. The molecule has 1 aliphatic rings. The average Bonchev–Trinajstić information content (AvgIpc) is 3.17. The van der Waals surface area contributed by atoms with Crippen molar-refractivity contribution in [3.63, 3.8) is 0 Å². The first-order valence-electron chi connectivity index (χ1n) is 8.73. The predicted molar refractivity (Wildman–Crippen MR) is 103 cm³/mol. The number of carbonyl (C=O) groups excluding carboxylic acids is 1. The molecule has 4 N–H and O–H groups in total. The molecule has 7 heteroatoms. The van der Waals surface area contributed by atoms with E-state index in [1.165, 1.54) is 16.4 Å². The average molecular weight is 365 g/mol. The van der Waals surface area contributed by atoms with E-state index in [9.17, 15) is 15.0 Å². The summed E-state index contributed by atoms with van der Waals surface area (Å²) in [6.07, 6.45) is 1.96. The number of primary amides is 1. The maximum atomic E-state index is 12.5. The second kappa shape index (κ2) is 6.14. The van der Waals surface area contributed by atoms with Crippen molar-refractivity contribution in [2.45, 2.75) is 19.8 Å². The molecule has 138 valence electrons. The number of amides is 2. The molecule has 2 amide bonds. The minimum Gasteiger partial charge on any atom is -0.508 e. The van der Waals surface area contributed by atoms with Crippen LogP contribution >= 0.6 is 0 Å². The highest BCUT2D eigenvalue weighted by Crippen LogP contribution is 2.34. The zero-order valence-electron chi connectivity index (χ0n) is 15.3. The van der Waals surface area contributed by atoms with Gasteiger partial charge in [-0.15, -0.1) is 5.43 Å². The summed E-state index contributed by atoms with van der Waals surface area (Å²) in [7, 11) is 1.96. The van der Waals surface area contributed by atoms with Gasteiger partial charge in [-0.05, 0) is 41.8 Å². The lowest BCUT2D eigenvalue weighted by atomic mass is 9.98. The molecule has 1 aromatic heterocycles. The Morgan fingerprint density at radius 2 is 1.85 bits per heavy atom. The summed E-state index contributed by atoms with van der Waals surface area (Å²) in [4.78, 5) is 14.0. The molecule has 0 saturated carbocycles. The van der Waals surface area contributed by atoms with Crippen LogP contribution in [0.5, 0.6) is 11.5 Å². The molecular weight excluding hydrogens is 344 g/mol. The van der Waals surface area contributed by atoms with Crippen molar-refractivity contribution in [2.24, 2.45) is 12.1 Å². The van der Waals surface area contributed by atoms with Gasteiger partial charge in [0.25, 0.3) is 0 Å². The second-order valence-electron chi connectivity index (χ2n) is 7.01. The van der Waals surface area contributed by atoms with Gasteiger partial charge in [0.05, 0.1) is 11.3 Å². The zero-order chi connectivity index (χ0) is 19.3. The van der Waals surface area contributed by atoms with Crippen molar-refractivity contribution < 1.29 is 20.4 Å². The Morgan fingerprint density at radius 1 is 1.07 bits per heavy atom. The van der Waals surface area contributed by atoms with Gasteiger partial charge in [0, 0.05) is 30.2 Å². The zero-order valence-corrected chi connectivity index (χ0v) is 15.3. The number of phenolic OH excluding ortho intramolecular Hbond substituents is 2. The second-order valence-corrected chi connectivity index (χ2v) is 7.01. The predicted octanol–water partition coefficient (Wildman–Crippen LogP) is 2.58. The fraction of sp³-hybridized carbons (Fsp3) is 0.200. The maximum absolute atomic E-state index is 12.5. The van der Waals surface area contributed by atoms with Crippen LogP contribution in [0, 0.1) is 0 Å². The standard InChI is InChI=1S/C20H20N4O3/c1-11(2)14-9-15(18(26)10-17(14)25)19-21-22-20(27)24(19)13-4-5-16-12(8-13)6-7-23(16)3/h4-11,25-26H,1-3H3,(H,22,27)/p+1. The number of aromatic hydroxyl groups is 2. The third kappa shape index (κ3) is 2.72. The van der Waals surface area contributed by atoms with E-state index in [-0.39, 0.29) is 23.4 Å². The molecule has 7 nitrogen and oxygen atoms in total. The number of benzene rings is 2. The summed E-state index contributed by atoms with van der Waals surface area (Å²) in [5.41, 5.74) is 4.06. The van der Waals surface area contributed by atoms with Gasteiger partial charge in [-0.1, -0.05) is 18.9 Å². The molecule has 3 aromatic rings. The van der Waals surface area contributed by atoms with E-state index < -0.39 is 0 Å². The Hall–Kier alpha value is -3.32. The molecule has 27 heavy (non-hydrogen) atoms. The molecule has 1 aliphatic heterocycles. The van der Waals surface area contributed by atoms with Gasteiger partial charge in [-0.25, -0.2) is 9.69 Å². The molecule has 2 heterocycles. The number of nitrogens with two attached hydrogens (primary N) is 1. The summed E-state index contributed by atoms with van der Waals surface area (Å²) >= 11 is 0. The number of carbonyl (C=O) groups is 1. The third-order valence-electron chi connectivity index (χ3n) is 4.86. The van der Waals surface area contributed by atoms with Crippen molar-refractivity contribution in [2.75, 3.05) is 4.90 Å². The van der Waals surface area contributed by atoms with E-state index in [4.69, 9.17) is 0 Å². The van der Waals surface area contributed by atoms with E-state index in [1.807, 2.05) is 55.9 Å². The topological polar surface area (TPSA) is 94.7 Å². The first kappa shape index (κ1) is 17.1. The lowest BCUT2D eigenvalue weighted by Crippen LogP contribution is -2.81. The largest absolute Gasteiger partial charge is 0.508 e. The number of quaternary nitrogens is 1. The molecule has 0 bridgehead atoms. The molecule has 0 aliphatic carbocycles. The highest BCUT2D eigenvalue weighted by molar-refractivity contribution is 6.24. The number of nitrogens with zero attached hydrogens (tertiary/aromatic N) is 3. The highest BCUT2D eigenvalue weighted by Gasteiger charge is 2.35. The van der Waals surface area contributed by atoms with Crippen LogP contribution in [-0.4, -0.2) is 26.6 Å². The van der Waals surface area contributed by atoms with Gasteiger partial charge < -0.3 is 14.8 Å². The van der Waals surface area contributed by atoms with Gasteiger partial charge in [-0.2, -0.15) is 0 Å². The number of amidine groups is 1. The van der Waals surface area contributed by atoms with Crippen molar-refractivity contribution in [1.82, 2.24) is 4.57 Å². The van der Waals surface area contributed by atoms with E-state index in [0.717, 1.165) is 10.9 Å². The van der Waals surface area contributed by atoms with Gasteiger partial charge in [-0.3, -0.25) is 0 Å². The molecule has 0 radical (unpaired) electrons. The number of hydrogen-bond acceptors (Lipinski definition) is 4. The van der Waals surface area contributed by atoms with Crippen LogP contribution in [0.1, 0.15) is 30.9 Å². The molecule has 4 rings (SSSR count). The summed E-state index contributed by atoms with van der Waals surface area (Å²) < 4.78 is 2.01.